The maximum absolute atomic E-state index is 14.9. The third-order valence-corrected chi connectivity index (χ3v) is 17.0. The minimum atomic E-state index is -4.08. The predicted octanol–water partition coefficient (Wildman–Crippen LogP) is 9.30. The summed E-state index contributed by atoms with van der Waals surface area (Å²) in [5.41, 5.74) is 0. The molecule has 0 aliphatic heterocycles. The number of phosphoric acid groups is 1. The molecule has 264 valence electrons. The molecule has 1 rings (SSSR count). The fraction of sp³-hybridized carbons (Fsp3) is 1.00. The van der Waals surface area contributed by atoms with Gasteiger partial charge in [-0.05, 0) is 137 Å². The van der Waals surface area contributed by atoms with Crippen LogP contribution < -0.4 is 0 Å². The standard InChI is InChI=1S/C27H69O9PSi7/c1-38(2,3)30-23-22(29-37(28,35-43(16,17)18)36-44(19,20)21)24(31-39(4,5)6)26(33-41(10,11)12)27(34-42(13,14)15)25(23)32-40(7,8)9/h22-27H,1-21H3/t22?,23-,24+,25+,26-,27?. The molecular formula is C27H69O9PSi7. The maximum atomic E-state index is 14.9. The SMILES string of the molecule is C[Si](C)(C)OC1[C@@H](O[Si](C)(C)C)[C@H](O[Si](C)(C)C)C(OP(=O)(O[Si](C)(C)C)O[Si](C)(C)C)[C@H](O[Si](C)(C)C)[C@H]1O[Si](C)(C)C. The number of hydrogen-bond acceptors (Lipinski definition) is 9. The zero-order chi connectivity index (χ0) is 35.1. The summed E-state index contributed by atoms with van der Waals surface area (Å²) in [6.45, 7) is 44.5. The molecule has 0 heterocycles. The Morgan fingerprint density at radius 1 is 0.318 bits per heavy atom. The van der Waals surface area contributed by atoms with E-state index in [0.29, 0.717) is 0 Å². The third kappa shape index (κ3) is 17.2. The van der Waals surface area contributed by atoms with Gasteiger partial charge in [0.25, 0.3) is 0 Å². The molecule has 17 heteroatoms. The minimum Gasteiger partial charge on any atom is -0.409 e. The highest BCUT2D eigenvalue weighted by Crippen LogP contribution is 2.57. The first-order valence-electron chi connectivity index (χ1n) is 16.1. The summed E-state index contributed by atoms with van der Waals surface area (Å²) in [5.74, 6) is 0. The van der Waals surface area contributed by atoms with E-state index in [0.717, 1.165) is 0 Å². The maximum Gasteiger partial charge on any atom is 0.455 e. The van der Waals surface area contributed by atoms with E-state index >= 15 is 0 Å². The van der Waals surface area contributed by atoms with Crippen LogP contribution >= 0.6 is 7.82 Å². The Balaban J connectivity index is 4.21. The van der Waals surface area contributed by atoms with Gasteiger partial charge in [0, 0.05) is 0 Å². The van der Waals surface area contributed by atoms with Gasteiger partial charge in [-0.2, -0.15) is 0 Å². The van der Waals surface area contributed by atoms with Gasteiger partial charge >= 0.3 is 7.82 Å². The average molecular weight is 765 g/mol. The summed E-state index contributed by atoms with van der Waals surface area (Å²) >= 11 is 0. The third-order valence-electron chi connectivity index (χ3n) is 5.41. The molecule has 1 aliphatic rings. The van der Waals surface area contributed by atoms with E-state index in [9.17, 15) is 4.57 Å². The lowest BCUT2D eigenvalue weighted by Crippen LogP contribution is -2.72. The van der Waals surface area contributed by atoms with E-state index in [4.69, 9.17) is 35.1 Å². The van der Waals surface area contributed by atoms with Crippen LogP contribution in [-0.2, 0) is 39.6 Å². The average Bonchev–Trinajstić information content (AvgIpc) is 2.62. The summed E-state index contributed by atoms with van der Waals surface area (Å²) in [6, 6.07) is 0. The Labute approximate surface area is 278 Å². The molecule has 0 aromatic rings. The Morgan fingerprint density at radius 2 is 0.500 bits per heavy atom. The first-order chi connectivity index (χ1) is 19.0. The molecule has 1 fully saturated rings. The van der Waals surface area contributed by atoms with E-state index < -0.39 is 103 Å². The van der Waals surface area contributed by atoms with Crippen LogP contribution in [0.2, 0.25) is 137 Å². The highest BCUT2D eigenvalue weighted by molar-refractivity contribution is 7.52. The highest BCUT2D eigenvalue weighted by Gasteiger charge is 2.60. The molecule has 0 aromatic heterocycles. The van der Waals surface area contributed by atoms with Gasteiger partial charge in [-0.1, -0.05) is 0 Å². The Kier molecular flexibility index (Phi) is 14.5. The first-order valence-corrected chi connectivity index (χ1v) is 41.4. The molecule has 0 N–H and O–H groups in total. The lowest BCUT2D eigenvalue weighted by Gasteiger charge is -2.55. The molecule has 1 saturated carbocycles. The number of rotatable bonds is 16. The van der Waals surface area contributed by atoms with Crippen LogP contribution in [-0.4, -0.2) is 94.8 Å². The second-order valence-electron chi connectivity index (χ2n) is 18.9. The van der Waals surface area contributed by atoms with Crippen LogP contribution in [0, 0.1) is 0 Å². The Bertz CT molecular complexity index is 908. The van der Waals surface area contributed by atoms with Gasteiger partial charge in [-0.25, -0.2) is 4.57 Å². The second kappa shape index (κ2) is 14.7. The van der Waals surface area contributed by atoms with E-state index in [1.807, 2.05) is 39.3 Å². The Hall–Kier alpha value is 1.43. The molecule has 44 heavy (non-hydrogen) atoms. The van der Waals surface area contributed by atoms with Crippen LogP contribution in [0.15, 0.2) is 0 Å². The number of hydrogen-bond donors (Lipinski definition) is 0. The monoisotopic (exact) mass is 764 g/mol. The van der Waals surface area contributed by atoms with E-state index in [2.05, 4.69) is 98.2 Å². The largest absolute Gasteiger partial charge is 0.455 e. The van der Waals surface area contributed by atoms with Crippen molar-refractivity contribution < 1.29 is 39.6 Å². The summed E-state index contributed by atoms with van der Waals surface area (Å²) in [4.78, 5) is 0. The minimum absolute atomic E-state index is 0.460. The zero-order valence-corrected chi connectivity index (χ0v) is 40.0. The van der Waals surface area contributed by atoms with Crippen LogP contribution in [0.3, 0.4) is 0 Å². The van der Waals surface area contributed by atoms with Crippen molar-refractivity contribution in [1.29, 1.82) is 0 Å². The van der Waals surface area contributed by atoms with Crippen LogP contribution in [0.1, 0.15) is 0 Å². The lowest BCUT2D eigenvalue weighted by molar-refractivity contribution is -0.196. The molecule has 0 saturated heterocycles. The summed E-state index contributed by atoms with van der Waals surface area (Å²) < 4.78 is 69.6. The molecular weight excluding hydrogens is 696 g/mol. The predicted molar refractivity (Wildman–Crippen MR) is 202 cm³/mol. The molecule has 9 nitrogen and oxygen atoms in total. The molecule has 0 aromatic carbocycles. The van der Waals surface area contributed by atoms with Crippen LogP contribution in [0.4, 0.5) is 0 Å². The second-order valence-corrected chi connectivity index (χ2v) is 52.2. The lowest BCUT2D eigenvalue weighted by atomic mass is 9.85. The van der Waals surface area contributed by atoms with Gasteiger partial charge in [0.1, 0.15) is 36.6 Å². The molecule has 0 spiro atoms. The van der Waals surface area contributed by atoms with Gasteiger partial charge in [-0.15, -0.1) is 0 Å². The van der Waals surface area contributed by atoms with Crippen molar-refractivity contribution in [3.63, 3.8) is 0 Å². The van der Waals surface area contributed by atoms with E-state index in [1.165, 1.54) is 0 Å². The molecule has 6 atom stereocenters. The normalized spacial score (nSPS) is 27.1. The van der Waals surface area contributed by atoms with Crippen molar-refractivity contribution in [3.05, 3.63) is 0 Å². The smallest absolute Gasteiger partial charge is 0.409 e. The van der Waals surface area contributed by atoms with Gasteiger partial charge < -0.3 is 30.6 Å². The van der Waals surface area contributed by atoms with Crippen molar-refractivity contribution in [2.24, 2.45) is 0 Å². The fourth-order valence-corrected chi connectivity index (χ4v) is 17.0. The summed E-state index contributed by atoms with van der Waals surface area (Å²) in [7, 11) is -19.8. The highest BCUT2D eigenvalue weighted by atomic mass is 31.2. The molecule has 2 unspecified atom stereocenters. The molecule has 0 radical (unpaired) electrons. The fourth-order valence-electron chi connectivity index (χ4n) is 4.84. The van der Waals surface area contributed by atoms with Crippen LogP contribution in [0.5, 0.6) is 0 Å². The van der Waals surface area contributed by atoms with Gasteiger partial charge in [0.15, 0.2) is 58.2 Å². The van der Waals surface area contributed by atoms with Crippen molar-refractivity contribution in [2.45, 2.75) is 174 Å². The summed E-state index contributed by atoms with van der Waals surface area (Å²) in [6.07, 6.45) is -3.63. The van der Waals surface area contributed by atoms with Crippen molar-refractivity contribution in [3.8, 4) is 0 Å². The van der Waals surface area contributed by atoms with E-state index in [-0.39, 0.29) is 0 Å². The van der Waals surface area contributed by atoms with Crippen molar-refractivity contribution >= 4 is 66.0 Å². The van der Waals surface area contributed by atoms with Crippen LogP contribution in [0.25, 0.3) is 0 Å². The Morgan fingerprint density at radius 3 is 0.659 bits per heavy atom. The first kappa shape index (κ1) is 43.5. The molecule has 1 aliphatic carbocycles. The summed E-state index contributed by atoms with van der Waals surface area (Å²) in [5, 5.41) is 0. The van der Waals surface area contributed by atoms with E-state index in [1.54, 1.807) is 0 Å². The topological polar surface area (TPSA) is 90.9 Å². The quantitative estimate of drug-likeness (QED) is 0.113. The van der Waals surface area contributed by atoms with Crippen molar-refractivity contribution in [2.75, 3.05) is 0 Å². The molecule has 0 bridgehead atoms. The van der Waals surface area contributed by atoms with Gasteiger partial charge in [0.05, 0.1) is 0 Å². The van der Waals surface area contributed by atoms with Crippen molar-refractivity contribution in [1.82, 2.24) is 0 Å². The van der Waals surface area contributed by atoms with Gasteiger partial charge in [0.2, 0.25) is 0 Å². The molecule has 0 amide bonds. The zero-order valence-electron chi connectivity index (χ0n) is 32.1. The van der Waals surface area contributed by atoms with Gasteiger partial charge in [-0.3, -0.25) is 4.52 Å².